The van der Waals surface area contributed by atoms with Gasteiger partial charge in [-0.3, -0.25) is 4.79 Å². The monoisotopic (exact) mass is 279 g/mol. The summed E-state index contributed by atoms with van der Waals surface area (Å²) in [4.78, 5) is 18.9. The molecule has 6 nitrogen and oxygen atoms in total. The Morgan fingerprint density at radius 3 is 2.95 bits per heavy atom. The lowest BCUT2D eigenvalue weighted by Gasteiger charge is -2.34. The molecule has 1 aromatic heterocycles. The Morgan fingerprint density at radius 2 is 2.25 bits per heavy atom. The first-order valence-electron chi connectivity index (χ1n) is 7.54. The predicted octanol–water partition coefficient (Wildman–Crippen LogP) is 1.86. The van der Waals surface area contributed by atoms with Crippen LogP contribution in [0.3, 0.4) is 0 Å². The lowest BCUT2D eigenvalue weighted by molar-refractivity contribution is -0.145. The highest BCUT2D eigenvalue weighted by Crippen LogP contribution is 2.31. The summed E-state index contributed by atoms with van der Waals surface area (Å²) in [6, 6.07) is -0.0757. The van der Waals surface area contributed by atoms with Crippen molar-refractivity contribution in [3.63, 3.8) is 0 Å². The first-order valence-corrected chi connectivity index (χ1v) is 7.54. The van der Waals surface area contributed by atoms with Gasteiger partial charge in [-0.25, -0.2) is 0 Å². The molecule has 2 aliphatic rings. The molecule has 2 unspecified atom stereocenters. The van der Waals surface area contributed by atoms with Gasteiger partial charge in [0.15, 0.2) is 5.82 Å². The van der Waals surface area contributed by atoms with Crippen molar-refractivity contribution in [2.24, 2.45) is 0 Å². The Kier molecular flexibility index (Phi) is 4.00. The van der Waals surface area contributed by atoms with Crippen LogP contribution >= 0.6 is 0 Å². The molecule has 1 aromatic rings. The number of carbonyl (C=O) groups is 1. The second-order valence-corrected chi connectivity index (χ2v) is 5.45. The van der Waals surface area contributed by atoms with Crippen molar-refractivity contribution in [2.45, 2.75) is 57.6 Å². The molecule has 0 radical (unpaired) electrons. The first-order chi connectivity index (χ1) is 9.79. The third-order valence-electron chi connectivity index (χ3n) is 4.08. The summed E-state index contributed by atoms with van der Waals surface area (Å²) in [6.07, 6.45) is 5.28. The Labute approximate surface area is 118 Å². The minimum absolute atomic E-state index is 0.0757. The van der Waals surface area contributed by atoms with E-state index < -0.39 is 0 Å². The van der Waals surface area contributed by atoms with Crippen LogP contribution in [0.15, 0.2) is 4.52 Å². The van der Waals surface area contributed by atoms with Gasteiger partial charge >= 0.3 is 0 Å². The average Bonchev–Trinajstić information content (AvgIpc) is 3.17. The van der Waals surface area contributed by atoms with Crippen LogP contribution in [0, 0.1) is 0 Å². The van der Waals surface area contributed by atoms with E-state index in [1.54, 1.807) is 0 Å². The van der Waals surface area contributed by atoms with Gasteiger partial charge in [-0.2, -0.15) is 4.98 Å². The number of piperidine rings is 1. The summed E-state index contributed by atoms with van der Waals surface area (Å²) >= 11 is 0. The molecule has 6 heteroatoms. The molecule has 2 atom stereocenters. The number of hydrogen-bond donors (Lipinski definition) is 0. The van der Waals surface area contributed by atoms with Crippen LogP contribution in [0.25, 0.3) is 0 Å². The number of likely N-dealkylation sites (tertiary alicyclic amines) is 1. The van der Waals surface area contributed by atoms with Gasteiger partial charge in [0.1, 0.15) is 12.1 Å². The van der Waals surface area contributed by atoms with Crippen molar-refractivity contribution >= 4 is 5.91 Å². The van der Waals surface area contributed by atoms with Crippen molar-refractivity contribution < 1.29 is 14.1 Å². The van der Waals surface area contributed by atoms with E-state index in [-0.39, 0.29) is 18.1 Å². The molecule has 20 heavy (non-hydrogen) atoms. The maximum Gasteiger partial charge on any atom is 0.252 e. The predicted molar refractivity (Wildman–Crippen MR) is 71.0 cm³/mol. The second-order valence-electron chi connectivity index (χ2n) is 5.45. The van der Waals surface area contributed by atoms with Crippen LogP contribution in [0.1, 0.15) is 56.8 Å². The summed E-state index contributed by atoms with van der Waals surface area (Å²) in [5.74, 6) is 1.37. The lowest BCUT2D eigenvalue weighted by atomic mass is 10.0. The quantitative estimate of drug-likeness (QED) is 0.844. The molecule has 0 bridgehead atoms. The molecule has 3 rings (SSSR count). The molecule has 0 saturated carbocycles. The highest BCUT2D eigenvalue weighted by atomic mass is 16.5. The maximum atomic E-state index is 12.6. The minimum Gasteiger partial charge on any atom is -0.368 e. The molecule has 110 valence electrons. The number of carbonyl (C=O) groups excluding carboxylic acids is 1. The lowest BCUT2D eigenvalue weighted by Crippen LogP contribution is -2.44. The van der Waals surface area contributed by atoms with Gasteiger partial charge < -0.3 is 14.2 Å². The van der Waals surface area contributed by atoms with Gasteiger partial charge in [-0.15, -0.1) is 0 Å². The van der Waals surface area contributed by atoms with Crippen molar-refractivity contribution in [3.8, 4) is 0 Å². The summed E-state index contributed by atoms with van der Waals surface area (Å²) in [7, 11) is 0. The Balaban J connectivity index is 1.77. The van der Waals surface area contributed by atoms with Gasteiger partial charge in [-0.1, -0.05) is 12.1 Å². The van der Waals surface area contributed by atoms with E-state index >= 15 is 0 Å². The fourth-order valence-corrected chi connectivity index (χ4v) is 2.96. The summed E-state index contributed by atoms with van der Waals surface area (Å²) in [5, 5.41) is 3.95. The number of aromatic nitrogens is 2. The normalized spacial score (nSPS) is 26.9. The Hall–Kier alpha value is -1.43. The fourth-order valence-electron chi connectivity index (χ4n) is 2.96. The number of nitrogens with zero attached hydrogens (tertiary/aromatic N) is 3. The van der Waals surface area contributed by atoms with Crippen LogP contribution in [0.5, 0.6) is 0 Å². The molecular formula is C14H21N3O3. The molecule has 2 saturated heterocycles. The average molecular weight is 279 g/mol. The summed E-state index contributed by atoms with van der Waals surface area (Å²) in [5.41, 5.74) is 0. The van der Waals surface area contributed by atoms with Crippen molar-refractivity contribution in [1.29, 1.82) is 0 Å². The fraction of sp³-hybridized carbons (Fsp3) is 0.786. The highest BCUT2D eigenvalue weighted by Gasteiger charge is 2.36. The largest absolute Gasteiger partial charge is 0.368 e. The van der Waals surface area contributed by atoms with Gasteiger partial charge in [0.25, 0.3) is 5.91 Å². The van der Waals surface area contributed by atoms with Crippen LogP contribution in [0.4, 0.5) is 0 Å². The van der Waals surface area contributed by atoms with Crippen LogP contribution in [0.2, 0.25) is 0 Å². The number of ether oxygens (including phenoxy) is 1. The van der Waals surface area contributed by atoms with E-state index in [4.69, 9.17) is 9.26 Å². The topological polar surface area (TPSA) is 68.5 Å². The van der Waals surface area contributed by atoms with Crippen LogP contribution in [-0.4, -0.2) is 40.2 Å². The van der Waals surface area contributed by atoms with Crippen molar-refractivity contribution in [1.82, 2.24) is 15.0 Å². The second kappa shape index (κ2) is 5.91. The van der Waals surface area contributed by atoms with Crippen LogP contribution < -0.4 is 0 Å². The van der Waals surface area contributed by atoms with Gasteiger partial charge in [0.2, 0.25) is 5.89 Å². The molecule has 2 aliphatic heterocycles. The zero-order valence-corrected chi connectivity index (χ0v) is 11.9. The van der Waals surface area contributed by atoms with Gasteiger partial charge in [0.05, 0.1) is 0 Å². The van der Waals surface area contributed by atoms with Crippen molar-refractivity contribution in [2.75, 3.05) is 13.2 Å². The molecule has 0 N–H and O–H groups in total. The third kappa shape index (κ3) is 2.57. The molecular weight excluding hydrogens is 258 g/mol. The third-order valence-corrected chi connectivity index (χ3v) is 4.08. The molecule has 0 aliphatic carbocycles. The number of hydrogen-bond acceptors (Lipinski definition) is 5. The van der Waals surface area contributed by atoms with Gasteiger partial charge in [0, 0.05) is 19.6 Å². The van der Waals surface area contributed by atoms with Crippen molar-refractivity contribution in [3.05, 3.63) is 11.7 Å². The van der Waals surface area contributed by atoms with E-state index in [9.17, 15) is 4.79 Å². The maximum absolute atomic E-state index is 12.6. The molecule has 2 fully saturated rings. The number of amides is 1. The molecule has 1 amide bonds. The zero-order chi connectivity index (χ0) is 13.9. The smallest absolute Gasteiger partial charge is 0.252 e. The molecule has 0 spiro atoms. The highest BCUT2D eigenvalue weighted by molar-refractivity contribution is 5.81. The summed E-state index contributed by atoms with van der Waals surface area (Å²) < 4.78 is 10.9. The van der Waals surface area contributed by atoms with Crippen LogP contribution in [-0.2, 0) is 16.0 Å². The molecule has 0 aromatic carbocycles. The Morgan fingerprint density at radius 1 is 1.35 bits per heavy atom. The van der Waals surface area contributed by atoms with E-state index in [0.29, 0.717) is 18.3 Å². The summed E-state index contributed by atoms with van der Waals surface area (Å²) in [6.45, 7) is 3.44. The number of aryl methyl sites for hydroxylation is 1. The van der Waals surface area contributed by atoms with Gasteiger partial charge in [-0.05, 0) is 32.1 Å². The van der Waals surface area contributed by atoms with E-state index in [2.05, 4.69) is 10.1 Å². The van der Waals surface area contributed by atoms with E-state index in [1.165, 1.54) is 0 Å². The zero-order valence-electron chi connectivity index (χ0n) is 11.9. The standard InChI is InChI=1S/C14H21N3O3/c1-2-12-15-13(20-16-12)10-6-3-4-8-17(10)14(18)11-7-5-9-19-11/h10-11H,2-9H2,1H3. The van der Waals surface area contributed by atoms with E-state index in [0.717, 1.165) is 45.1 Å². The number of rotatable bonds is 3. The Bertz CT molecular complexity index is 468. The van der Waals surface area contributed by atoms with E-state index in [1.807, 2.05) is 11.8 Å². The molecule has 3 heterocycles. The minimum atomic E-state index is -0.274. The first kappa shape index (κ1) is 13.5. The SMILES string of the molecule is CCc1noc(C2CCCCN2C(=O)C2CCCO2)n1.